The molecule has 0 aliphatic heterocycles. The Labute approximate surface area is 134 Å². The summed E-state index contributed by atoms with van der Waals surface area (Å²) in [5.74, 6) is -5.24. The van der Waals surface area contributed by atoms with Crippen molar-refractivity contribution in [2.75, 3.05) is 20.3 Å². The predicted molar refractivity (Wildman–Crippen MR) is 67.7 cm³/mol. The van der Waals surface area contributed by atoms with Crippen LogP contribution in [-0.2, 0) is 14.2 Å². The molecule has 0 radical (unpaired) electrons. The average Bonchev–Trinajstić information content (AvgIpc) is 2.41. The summed E-state index contributed by atoms with van der Waals surface area (Å²) in [5, 5.41) is -3.46. The topological polar surface area (TPSA) is 44.8 Å². The van der Waals surface area contributed by atoms with Gasteiger partial charge in [0.25, 0.3) is 0 Å². The first-order valence-corrected chi connectivity index (χ1v) is 6.89. The molecule has 0 aromatic carbocycles. The van der Waals surface area contributed by atoms with Crippen molar-refractivity contribution in [3.8, 4) is 0 Å². The fourth-order valence-electron chi connectivity index (χ4n) is 1.26. The van der Waals surface area contributed by atoms with Gasteiger partial charge in [-0.15, -0.1) is 0 Å². The standard InChI is InChI=1S/C11H15F8O4P/c1-21-7(20)22-5-2-3-9(14,24)11(18,19)23-6-4-8(12,13)10(15,16)17/h2-6,24H2,1H3. The normalized spacial score (nSPS) is 15.8. The number of alkyl halides is 8. The van der Waals surface area contributed by atoms with E-state index >= 15 is 0 Å². The van der Waals surface area contributed by atoms with Gasteiger partial charge in [-0.3, -0.25) is 0 Å². The molecule has 2 atom stereocenters. The van der Waals surface area contributed by atoms with Gasteiger partial charge in [-0.25, -0.2) is 9.18 Å². The fraction of sp³-hybridized carbons (Fsp3) is 0.909. The van der Waals surface area contributed by atoms with Crippen LogP contribution in [0.2, 0.25) is 0 Å². The lowest BCUT2D eigenvalue weighted by atomic mass is 10.2. The molecule has 0 fully saturated rings. The van der Waals surface area contributed by atoms with Gasteiger partial charge >= 0.3 is 24.4 Å². The van der Waals surface area contributed by atoms with Crippen LogP contribution in [0, 0.1) is 0 Å². The zero-order valence-corrected chi connectivity index (χ0v) is 13.4. The molecule has 2 unspecified atom stereocenters. The lowest BCUT2D eigenvalue weighted by molar-refractivity contribution is -0.313. The Morgan fingerprint density at radius 1 is 0.958 bits per heavy atom. The number of carbonyl (C=O) groups excluding carboxylic acids is 1. The molecule has 0 saturated heterocycles. The van der Waals surface area contributed by atoms with Crippen LogP contribution in [0.4, 0.5) is 39.9 Å². The monoisotopic (exact) mass is 394 g/mol. The van der Waals surface area contributed by atoms with Crippen LogP contribution in [0.5, 0.6) is 0 Å². The molecule has 144 valence electrons. The van der Waals surface area contributed by atoms with Gasteiger partial charge < -0.3 is 14.2 Å². The molecule has 4 nitrogen and oxygen atoms in total. The molecule has 24 heavy (non-hydrogen) atoms. The first-order chi connectivity index (χ1) is 10.7. The molecule has 0 aliphatic carbocycles. The summed E-state index contributed by atoms with van der Waals surface area (Å²) in [7, 11) is 2.08. The molecule has 0 spiro atoms. The van der Waals surface area contributed by atoms with E-state index in [1.165, 1.54) is 0 Å². The van der Waals surface area contributed by atoms with Gasteiger partial charge in [-0.2, -0.15) is 30.7 Å². The van der Waals surface area contributed by atoms with Crippen LogP contribution >= 0.6 is 9.24 Å². The van der Waals surface area contributed by atoms with Crippen LogP contribution in [-0.4, -0.2) is 50.1 Å². The quantitative estimate of drug-likeness (QED) is 0.253. The van der Waals surface area contributed by atoms with Crippen molar-refractivity contribution in [1.82, 2.24) is 0 Å². The Morgan fingerprint density at radius 2 is 1.50 bits per heavy atom. The second kappa shape index (κ2) is 8.46. The highest BCUT2D eigenvalue weighted by molar-refractivity contribution is 7.18. The van der Waals surface area contributed by atoms with E-state index in [-0.39, 0.29) is 0 Å². The number of carbonyl (C=O) groups is 1. The summed E-state index contributed by atoms with van der Waals surface area (Å²) in [4.78, 5) is 10.6. The summed E-state index contributed by atoms with van der Waals surface area (Å²) in [6.07, 6.45) is -15.1. The highest BCUT2D eigenvalue weighted by Gasteiger charge is 2.58. The maximum Gasteiger partial charge on any atom is 0.507 e. The lowest BCUT2D eigenvalue weighted by Gasteiger charge is -2.30. The van der Waals surface area contributed by atoms with Gasteiger partial charge in [0.05, 0.1) is 20.3 Å². The van der Waals surface area contributed by atoms with Crippen LogP contribution < -0.4 is 0 Å². The zero-order chi connectivity index (χ0) is 19.2. The maximum absolute atomic E-state index is 13.8. The Bertz CT molecular complexity index is 413. The summed E-state index contributed by atoms with van der Waals surface area (Å²) >= 11 is 0. The van der Waals surface area contributed by atoms with E-state index in [1.54, 1.807) is 0 Å². The third-order valence-corrected chi connectivity index (χ3v) is 3.29. The Kier molecular flexibility index (Phi) is 8.14. The number of hydrogen-bond donors (Lipinski definition) is 0. The molecule has 0 aliphatic rings. The molecule has 0 bridgehead atoms. The molecule has 0 aromatic heterocycles. The molecule has 0 saturated carbocycles. The van der Waals surface area contributed by atoms with Gasteiger partial charge in [-0.1, -0.05) is 9.24 Å². The number of ether oxygens (including phenoxy) is 3. The van der Waals surface area contributed by atoms with Crippen LogP contribution in [0.1, 0.15) is 19.3 Å². The molecule has 0 N–H and O–H groups in total. The van der Waals surface area contributed by atoms with Crippen LogP contribution in [0.3, 0.4) is 0 Å². The predicted octanol–water partition coefficient (Wildman–Crippen LogP) is 4.29. The van der Waals surface area contributed by atoms with E-state index in [2.05, 4.69) is 14.2 Å². The highest BCUT2D eigenvalue weighted by atomic mass is 31.0. The average molecular weight is 394 g/mol. The van der Waals surface area contributed by atoms with E-state index in [1.807, 2.05) is 0 Å². The Balaban J connectivity index is 4.44. The third kappa shape index (κ3) is 6.92. The van der Waals surface area contributed by atoms with Gasteiger partial charge in [0.2, 0.25) is 5.41 Å². The summed E-state index contributed by atoms with van der Waals surface area (Å²) in [6.45, 7) is -2.20. The molecule has 13 heteroatoms. The van der Waals surface area contributed by atoms with Crippen molar-refractivity contribution in [1.29, 1.82) is 0 Å². The van der Waals surface area contributed by atoms with Crippen molar-refractivity contribution < 1.29 is 54.1 Å². The molecule has 0 heterocycles. The van der Waals surface area contributed by atoms with E-state index in [0.717, 1.165) is 16.3 Å². The summed E-state index contributed by atoms with van der Waals surface area (Å²) in [5.41, 5.74) is 0. The number of hydrogen-bond acceptors (Lipinski definition) is 4. The van der Waals surface area contributed by atoms with Gasteiger partial charge in [0.15, 0.2) is 0 Å². The van der Waals surface area contributed by atoms with Gasteiger partial charge in [0.1, 0.15) is 0 Å². The highest BCUT2D eigenvalue weighted by Crippen LogP contribution is 2.44. The number of rotatable bonds is 9. The number of halogens is 8. The van der Waals surface area contributed by atoms with Crippen LogP contribution in [0.15, 0.2) is 0 Å². The molecule has 0 aromatic rings. The second-order valence-corrected chi connectivity index (χ2v) is 5.50. The Morgan fingerprint density at radius 3 is 1.96 bits per heavy atom. The fourth-order valence-corrected chi connectivity index (χ4v) is 1.55. The van der Waals surface area contributed by atoms with Crippen molar-refractivity contribution >= 4 is 15.4 Å². The van der Waals surface area contributed by atoms with Gasteiger partial charge in [0, 0.05) is 6.42 Å². The Hall–Kier alpha value is -0.900. The van der Waals surface area contributed by atoms with Crippen LogP contribution in [0.25, 0.3) is 0 Å². The van der Waals surface area contributed by atoms with Crippen molar-refractivity contribution in [3.05, 3.63) is 0 Å². The van der Waals surface area contributed by atoms with E-state index in [4.69, 9.17) is 0 Å². The van der Waals surface area contributed by atoms with E-state index < -0.39 is 62.2 Å². The first-order valence-electron chi connectivity index (χ1n) is 6.31. The smallest absolute Gasteiger partial charge is 0.438 e. The molecule has 0 rings (SSSR count). The van der Waals surface area contributed by atoms with E-state index in [0.29, 0.717) is 0 Å². The van der Waals surface area contributed by atoms with Crippen molar-refractivity contribution in [2.24, 2.45) is 0 Å². The minimum atomic E-state index is -5.93. The molecular weight excluding hydrogens is 379 g/mol. The van der Waals surface area contributed by atoms with Crippen molar-refractivity contribution in [2.45, 2.75) is 42.9 Å². The van der Waals surface area contributed by atoms with Crippen molar-refractivity contribution in [3.63, 3.8) is 0 Å². The second-order valence-electron chi connectivity index (χ2n) is 4.59. The minimum Gasteiger partial charge on any atom is -0.438 e. The lowest BCUT2D eigenvalue weighted by Crippen LogP contribution is -2.43. The summed E-state index contributed by atoms with van der Waals surface area (Å²) in [6, 6.07) is 0. The third-order valence-electron chi connectivity index (χ3n) is 2.67. The zero-order valence-electron chi connectivity index (χ0n) is 12.3. The molecule has 0 amide bonds. The summed E-state index contributed by atoms with van der Waals surface area (Å²) < 4.78 is 113. The number of methoxy groups -OCH3 is 1. The first kappa shape index (κ1) is 23.1. The largest absolute Gasteiger partial charge is 0.507 e. The minimum absolute atomic E-state index is 0.410. The maximum atomic E-state index is 13.8. The SMILES string of the molecule is COC(=O)OCCCC(F)(P)C(F)(F)OCCC(F)(F)C(F)(F)F. The molecular formula is C11H15F8O4P. The van der Waals surface area contributed by atoms with Gasteiger partial charge in [-0.05, 0) is 12.8 Å². The van der Waals surface area contributed by atoms with E-state index in [9.17, 15) is 39.9 Å².